The van der Waals surface area contributed by atoms with Crippen LogP contribution in [0.3, 0.4) is 0 Å². The van der Waals surface area contributed by atoms with Crippen LogP contribution in [0.25, 0.3) is 5.57 Å². The highest BCUT2D eigenvalue weighted by molar-refractivity contribution is 7.11. The normalized spacial score (nSPS) is 17.6. The summed E-state index contributed by atoms with van der Waals surface area (Å²) in [5.74, 6) is -0.364. The van der Waals surface area contributed by atoms with Gasteiger partial charge in [-0.2, -0.15) is 0 Å². The Hall–Kier alpha value is -2.64. The van der Waals surface area contributed by atoms with Crippen LogP contribution in [0.4, 0.5) is 5.69 Å². The van der Waals surface area contributed by atoms with Gasteiger partial charge in [0.1, 0.15) is 5.70 Å². The fourth-order valence-electron chi connectivity index (χ4n) is 3.90. The molecule has 0 saturated carbocycles. The Morgan fingerprint density at radius 3 is 2.31 bits per heavy atom. The fraction of sp³-hybridized carbons (Fsp3) is 0.364. The molecule has 152 valence electrons. The number of carbonyl (C=O) groups is 2. The third-order valence-corrected chi connectivity index (χ3v) is 6.25. The van der Waals surface area contributed by atoms with Gasteiger partial charge >= 0.3 is 0 Å². The van der Waals surface area contributed by atoms with Crippen LogP contribution in [0.2, 0.25) is 0 Å². The quantitative estimate of drug-likeness (QED) is 0.518. The molecular formula is C22H25N3O3S. The molecule has 1 aromatic heterocycles. The number of carbonyl (C=O) groups excluding carboxylic acids is 2. The predicted octanol–water partition coefficient (Wildman–Crippen LogP) is 2.69. The van der Waals surface area contributed by atoms with Crippen molar-refractivity contribution in [3.8, 4) is 0 Å². The summed E-state index contributed by atoms with van der Waals surface area (Å²) in [7, 11) is 1.63. The van der Waals surface area contributed by atoms with Crippen molar-refractivity contribution >= 4 is 34.4 Å². The number of rotatable bonds is 7. The van der Waals surface area contributed by atoms with Crippen molar-refractivity contribution < 1.29 is 14.3 Å². The van der Waals surface area contributed by atoms with E-state index in [1.165, 1.54) is 21.9 Å². The largest absolute Gasteiger partial charge is 0.385 e. The minimum atomic E-state index is -0.186. The molecule has 3 heterocycles. The van der Waals surface area contributed by atoms with E-state index in [4.69, 9.17) is 4.74 Å². The summed E-state index contributed by atoms with van der Waals surface area (Å²) < 4.78 is 5.09. The summed E-state index contributed by atoms with van der Waals surface area (Å²) in [5, 5.41) is 1.94. The molecule has 2 aliphatic heterocycles. The number of hydrogen-bond donors (Lipinski definition) is 0. The number of ether oxygens (including phenoxy) is 1. The summed E-state index contributed by atoms with van der Waals surface area (Å²) in [6, 6.07) is 14.1. The highest BCUT2D eigenvalue weighted by Crippen LogP contribution is 2.34. The van der Waals surface area contributed by atoms with Gasteiger partial charge < -0.3 is 14.5 Å². The molecule has 1 fully saturated rings. The minimum absolute atomic E-state index is 0.178. The first kappa shape index (κ1) is 19.7. The van der Waals surface area contributed by atoms with Crippen LogP contribution >= 0.6 is 11.3 Å². The van der Waals surface area contributed by atoms with Gasteiger partial charge in [0.15, 0.2) is 0 Å². The predicted molar refractivity (Wildman–Crippen MR) is 115 cm³/mol. The van der Waals surface area contributed by atoms with Gasteiger partial charge in [0.05, 0.1) is 5.57 Å². The molecule has 0 bridgehead atoms. The van der Waals surface area contributed by atoms with Crippen LogP contribution in [0, 0.1) is 0 Å². The van der Waals surface area contributed by atoms with E-state index in [1.54, 1.807) is 7.11 Å². The smallest absolute Gasteiger partial charge is 0.277 e. The molecule has 0 radical (unpaired) electrons. The summed E-state index contributed by atoms with van der Waals surface area (Å²) in [6.45, 7) is 3.96. The number of para-hydroxylation sites is 1. The van der Waals surface area contributed by atoms with Crippen molar-refractivity contribution in [3.05, 3.63) is 58.4 Å². The Bertz CT molecular complexity index is 887. The average molecular weight is 412 g/mol. The number of thiophene rings is 1. The molecule has 0 spiro atoms. The van der Waals surface area contributed by atoms with Gasteiger partial charge in [-0.25, -0.2) is 0 Å². The summed E-state index contributed by atoms with van der Waals surface area (Å²) in [4.78, 5) is 33.0. The lowest BCUT2D eigenvalue weighted by atomic mass is 10.1. The van der Waals surface area contributed by atoms with Crippen LogP contribution in [-0.4, -0.2) is 68.1 Å². The average Bonchev–Trinajstić information content (AvgIpc) is 3.37. The Balaban J connectivity index is 1.56. The maximum atomic E-state index is 13.2. The number of imide groups is 1. The first-order valence-electron chi connectivity index (χ1n) is 9.89. The molecule has 2 aliphatic rings. The Kier molecular flexibility index (Phi) is 5.97. The molecule has 0 atom stereocenters. The highest BCUT2D eigenvalue weighted by Gasteiger charge is 2.42. The zero-order valence-corrected chi connectivity index (χ0v) is 17.4. The Morgan fingerprint density at radius 2 is 1.66 bits per heavy atom. The number of amides is 2. The third kappa shape index (κ3) is 3.93. The summed E-state index contributed by atoms with van der Waals surface area (Å²) in [5.41, 5.74) is 2.30. The van der Waals surface area contributed by atoms with Crippen LogP contribution in [0.1, 0.15) is 11.3 Å². The number of benzene rings is 1. The van der Waals surface area contributed by atoms with Crippen molar-refractivity contribution in [2.45, 2.75) is 6.42 Å². The molecule has 0 aliphatic carbocycles. The number of nitrogens with zero attached hydrogens (tertiary/aromatic N) is 3. The number of hydrogen-bond acceptors (Lipinski definition) is 6. The van der Waals surface area contributed by atoms with E-state index in [2.05, 4.69) is 21.9 Å². The van der Waals surface area contributed by atoms with Crippen LogP contribution < -0.4 is 4.90 Å². The molecule has 1 aromatic carbocycles. The molecule has 2 aromatic rings. The van der Waals surface area contributed by atoms with Crippen molar-refractivity contribution in [2.24, 2.45) is 0 Å². The van der Waals surface area contributed by atoms with Crippen molar-refractivity contribution in [3.63, 3.8) is 0 Å². The lowest BCUT2D eigenvalue weighted by Crippen LogP contribution is -2.47. The third-order valence-electron chi connectivity index (χ3n) is 5.36. The van der Waals surface area contributed by atoms with Crippen LogP contribution in [0.5, 0.6) is 0 Å². The highest BCUT2D eigenvalue weighted by atomic mass is 32.1. The van der Waals surface area contributed by atoms with Crippen molar-refractivity contribution in [1.29, 1.82) is 0 Å². The second-order valence-electron chi connectivity index (χ2n) is 7.12. The van der Waals surface area contributed by atoms with E-state index >= 15 is 0 Å². The molecule has 0 unspecified atom stereocenters. The molecular weight excluding hydrogens is 386 g/mol. The number of anilines is 1. The van der Waals surface area contributed by atoms with Gasteiger partial charge in [-0.3, -0.25) is 14.5 Å². The van der Waals surface area contributed by atoms with Gasteiger partial charge in [0, 0.05) is 57.0 Å². The standard InChI is InChI=1S/C22H25N3O3S/c1-28-15-6-10-25-21(26)19(18-9-5-16-29-18)20(22(25)27)24-13-11-23(12-14-24)17-7-3-2-4-8-17/h2-5,7-9,16H,6,10-15H2,1H3. The first-order chi connectivity index (χ1) is 14.2. The van der Waals surface area contributed by atoms with Crippen LogP contribution in [0.15, 0.2) is 53.5 Å². The first-order valence-corrected chi connectivity index (χ1v) is 10.8. The number of piperazine rings is 1. The molecule has 7 heteroatoms. The summed E-state index contributed by atoms with van der Waals surface area (Å²) >= 11 is 1.50. The van der Waals surface area contributed by atoms with E-state index in [0.29, 0.717) is 43.9 Å². The SMILES string of the molecule is COCCCN1C(=O)C(c2cccs2)=C(N2CCN(c3ccccc3)CC2)C1=O. The zero-order chi connectivity index (χ0) is 20.2. The zero-order valence-electron chi connectivity index (χ0n) is 16.5. The van der Waals surface area contributed by atoms with Gasteiger partial charge in [0.25, 0.3) is 11.8 Å². The fourth-order valence-corrected chi connectivity index (χ4v) is 4.66. The summed E-state index contributed by atoms with van der Waals surface area (Å²) in [6.07, 6.45) is 0.640. The van der Waals surface area contributed by atoms with Crippen molar-refractivity contribution in [1.82, 2.24) is 9.80 Å². The maximum absolute atomic E-state index is 13.2. The van der Waals surface area contributed by atoms with E-state index in [9.17, 15) is 9.59 Å². The van der Waals surface area contributed by atoms with Gasteiger partial charge in [-0.15, -0.1) is 11.3 Å². The second kappa shape index (κ2) is 8.80. The molecule has 1 saturated heterocycles. The molecule has 2 amide bonds. The second-order valence-corrected chi connectivity index (χ2v) is 8.07. The lowest BCUT2D eigenvalue weighted by molar-refractivity contribution is -0.137. The van der Waals surface area contributed by atoms with Gasteiger partial charge in [0.2, 0.25) is 0 Å². The topological polar surface area (TPSA) is 53.1 Å². The maximum Gasteiger partial charge on any atom is 0.277 e. The lowest BCUT2D eigenvalue weighted by Gasteiger charge is -2.37. The van der Waals surface area contributed by atoms with E-state index in [0.717, 1.165) is 18.0 Å². The molecule has 29 heavy (non-hydrogen) atoms. The molecule has 0 N–H and O–H groups in total. The van der Waals surface area contributed by atoms with E-state index < -0.39 is 0 Å². The van der Waals surface area contributed by atoms with Gasteiger partial charge in [-0.05, 0) is 30.0 Å². The monoisotopic (exact) mass is 411 g/mol. The molecule has 6 nitrogen and oxygen atoms in total. The van der Waals surface area contributed by atoms with Crippen LogP contribution in [-0.2, 0) is 14.3 Å². The molecule has 4 rings (SSSR count). The van der Waals surface area contributed by atoms with Crippen molar-refractivity contribution in [2.75, 3.05) is 51.3 Å². The van der Waals surface area contributed by atoms with E-state index in [-0.39, 0.29) is 11.8 Å². The number of methoxy groups -OCH3 is 1. The van der Waals surface area contributed by atoms with E-state index in [1.807, 2.05) is 35.7 Å². The van der Waals surface area contributed by atoms with Gasteiger partial charge in [-0.1, -0.05) is 24.3 Å². The Labute approximate surface area is 175 Å². The Morgan fingerprint density at radius 1 is 0.931 bits per heavy atom. The minimum Gasteiger partial charge on any atom is -0.385 e.